The maximum absolute atomic E-state index is 9.31. The predicted molar refractivity (Wildman–Crippen MR) is 81.2 cm³/mol. The van der Waals surface area contributed by atoms with Gasteiger partial charge in [-0.2, -0.15) is 5.26 Å². The molecule has 2 aliphatic heterocycles. The molecule has 2 atom stereocenters. The summed E-state index contributed by atoms with van der Waals surface area (Å²) in [4.78, 5) is 9.24. The Labute approximate surface area is 126 Å². The summed E-state index contributed by atoms with van der Waals surface area (Å²) >= 11 is 0. The van der Waals surface area contributed by atoms with Gasteiger partial charge in [0.2, 0.25) is 0 Å². The quantitative estimate of drug-likeness (QED) is 0.842. The van der Waals surface area contributed by atoms with Crippen molar-refractivity contribution in [1.29, 1.82) is 5.26 Å². The van der Waals surface area contributed by atoms with Crippen molar-refractivity contribution >= 4 is 5.82 Å². The molecule has 3 rings (SSSR count). The van der Waals surface area contributed by atoms with Gasteiger partial charge in [0.25, 0.3) is 0 Å². The molecule has 0 amide bonds. The first-order chi connectivity index (χ1) is 10.3. The van der Waals surface area contributed by atoms with E-state index in [1.165, 1.54) is 25.9 Å². The summed E-state index contributed by atoms with van der Waals surface area (Å²) in [6.07, 6.45) is 5.60. The number of nitriles is 1. The van der Waals surface area contributed by atoms with E-state index in [1.807, 2.05) is 12.1 Å². The number of nitrogens with zero attached hydrogens (tertiary/aromatic N) is 4. The molecule has 0 spiro atoms. The topological polar surface area (TPSA) is 52.4 Å². The fourth-order valence-corrected chi connectivity index (χ4v) is 3.45. The van der Waals surface area contributed by atoms with Gasteiger partial charge in [-0.05, 0) is 44.5 Å². The van der Waals surface area contributed by atoms with Crippen LogP contribution in [0, 0.1) is 11.3 Å². The number of ether oxygens (including phenoxy) is 1. The van der Waals surface area contributed by atoms with Crippen LogP contribution < -0.4 is 4.90 Å². The molecule has 2 aliphatic rings. The van der Waals surface area contributed by atoms with E-state index in [0.717, 1.165) is 25.3 Å². The maximum Gasteiger partial charge on any atom is 0.146 e. The van der Waals surface area contributed by atoms with E-state index < -0.39 is 0 Å². The Morgan fingerprint density at radius 2 is 2.24 bits per heavy atom. The summed E-state index contributed by atoms with van der Waals surface area (Å²) in [7, 11) is 1.77. The molecule has 1 aromatic heterocycles. The van der Waals surface area contributed by atoms with Crippen molar-refractivity contribution in [2.24, 2.45) is 0 Å². The van der Waals surface area contributed by atoms with Crippen LogP contribution in [0.25, 0.3) is 0 Å². The average molecular weight is 286 g/mol. The Hall–Kier alpha value is -1.64. The highest BCUT2D eigenvalue weighted by Gasteiger charge is 2.35. The molecule has 3 heterocycles. The molecule has 0 radical (unpaired) electrons. The van der Waals surface area contributed by atoms with Crippen molar-refractivity contribution in [1.82, 2.24) is 9.88 Å². The van der Waals surface area contributed by atoms with Gasteiger partial charge in [0.1, 0.15) is 11.9 Å². The molecule has 0 saturated carbocycles. The standard InChI is InChI=1S/C16H22N4O/c1-21-15-9-14(11-19-7-2-3-8-19)20(12-15)16-13(10-17)5-4-6-18-16/h4-6,14-15H,2-3,7-9,11-12H2,1H3/t14-,15-/m0/s1. The Kier molecular flexibility index (Phi) is 4.37. The monoisotopic (exact) mass is 286 g/mol. The summed E-state index contributed by atoms with van der Waals surface area (Å²) in [6.45, 7) is 4.24. The second-order valence-corrected chi connectivity index (χ2v) is 5.89. The van der Waals surface area contributed by atoms with E-state index in [0.29, 0.717) is 11.6 Å². The molecular formula is C16H22N4O. The minimum absolute atomic E-state index is 0.228. The maximum atomic E-state index is 9.31. The lowest BCUT2D eigenvalue weighted by Crippen LogP contribution is -2.40. The zero-order valence-electron chi connectivity index (χ0n) is 12.5. The number of anilines is 1. The van der Waals surface area contributed by atoms with E-state index in [2.05, 4.69) is 20.9 Å². The van der Waals surface area contributed by atoms with Crippen LogP contribution in [-0.2, 0) is 4.74 Å². The summed E-state index contributed by atoms with van der Waals surface area (Å²) in [6, 6.07) is 6.31. The smallest absolute Gasteiger partial charge is 0.146 e. The highest BCUT2D eigenvalue weighted by Crippen LogP contribution is 2.29. The minimum atomic E-state index is 0.228. The van der Waals surface area contributed by atoms with Crippen LogP contribution in [0.1, 0.15) is 24.8 Å². The molecule has 0 unspecified atom stereocenters. The molecule has 0 bridgehead atoms. The van der Waals surface area contributed by atoms with Gasteiger partial charge in [0.15, 0.2) is 0 Å². The van der Waals surface area contributed by atoms with Crippen molar-refractivity contribution in [3.05, 3.63) is 23.9 Å². The van der Waals surface area contributed by atoms with Crippen LogP contribution in [0.2, 0.25) is 0 Å². The molecule has 0 aliphatic carbocycles. The van der Waals surface area contributed by atoms with Gasteiger partial charge in [-0.25, -0.2) is 4.98 Å². The molecule has 1 aromatic rings. The van der Waals surface area contributed by atoms with Crippen LogP contribution in [0.15, 0.2) is 18.3 Å². The van der Waals surface area contributed by atoms with Crippen molar-refractivity contribution in [2.75, 3.05) is 38.2 Å². The fourth-order valence-electron chi connectivity index (χ4n) is 3.45. The van der Waals surface area contributed by atoms with Crippen molar-refractivity contribution in [3.8, 4) is 6.07 Å². The normalized spacial score (nSPS) is 26.2. The molecule has 5 heteroatoms. The lowest BCUT2D eigenvalue weighted by Gasteiger charge is -2.29. The molecule has 2 fully saturated rings. The third-order valence-electron chi connectivity index (χ3n) is 4.56. The number of methoxy groups -OCH3 is 1. The zero-order valence-corrected chi connectivity index (χ0v) is 12.5. The number of likely N-dealkylation sites (tertiary alicyclic amines) is 1. The summed E-state index contributed by atoms with van der Waals surface area (Å²) < 4.78 is 5.56. The lowest BCUT2D eigenvalue weighted by atomic mass is 10.1. The van der Waals surface area contributed by atoms with Gasteiger partial charge in [-0.1, -0.05) is 0 Å². The van der Waals surface area contributed by atoms with E-state index in [1.54, 1.807) is 13.3 Å². The zero-order chi connectivity index (χ0) is 14.7. The molecular weight excluding hydrogens is 264 g/mol. The second kappa shape index (κ2) is 6.42. The number of aromatic nitrogens is 1. The lowest BCUT2D eigenvalue weighted by molar-refractivity contribution is 0.116. The highest BCUT2D eigenvalue weighted by molar-refractivity contribution is 5.55. The van der Waals surface area contributed by atoms with Crippen molar-refractivity contribution < 1.29 is 4.74 Å². The fraction of sp³-hybridized carbons (Fsp3) is 0.625. The van der Waals surface area contributed by atoms with Crippen LogP contribution in [0.4, 0.5) is 5.82 Å². The molecule has 2 saturated heterocycles. The third-order valence-corrected chi connectivity index (χ3v) is 4.56. The number of rotatable bonds is 4. The molecule has 5 nitrogen and oxygen atoms in total. The van der Waals surface area contributed by atoms with Crippen molar-refractivity contribution in [3.63, 3.8) is 0 Å². The Bertz CT molecular complexity index is 521. The van der Waals surface area contributed by atoms with Gasteiger partial charge in [-0.3, -0.25) is 0 Å². The van der Waals surface area contributed by atoms with Crippen molar-refractivity contribution in [2.45, 2.75) is 31.4 Å². The van der Waals surface area contributed by atoms with Gasteiger partial charge in [0, 0.05) is 32.4 Å². The Morgan fingerprint density at radius 1 is 1.43 bits per heavy atom. The van der Waals surface area contributed by atoms with E-state index in [-0.39, 0.29) is 6.10 Å². The largest absolute Gasteiger partial charge is 0.380 e. The van der Waals surface area contributed by atoms with E-state index in [9.17, 15) is 5.26 Å². The SMILES string of the molecule is CO[C@H]1C[C@@H](CN2CCCC2)N(c2ncccc2C#N)C1. The minimum Gasteiger partial charge on any atom is -0.380 e. The van der Waals surface area contributed by atoms with Gasteiger partial charge in [0.05, 0.1) is 11.7 Å². The van der Waals surface area contributed by atoms with Crippen LogP contribution in [0.5, 0.6) is 0 Å². The predicted octanol–water partition coefficient (Wildman–Crippen LogP) is 1.64. The highest BCUT2D eigenvalue weighted by atomic mass is 16.5. The van der Waals surface area contributed by atoms with E-state index >= 15 is 0 Å². The molecule has 21 heavy (non-hydrogen) atoms. The number of hydrogen-bond donors (Lipinski definition) is 0. The first kappa shape index (κ1) is 14.3. The first-order valence-electron chi connectivity index (χ1n) is 7.68. The summed E-state index contributed by atoms with van der Waals surface area (Å²) in [5.74, 6) is 0.809. The van der Waals surface area contributed by atoms with Crippen LogP contribution in [-0.4, -0.2) is 55.3 Å². The first-order valence-corrected chi connectivity index (χ1v) is 7.68. The average Bonchev–Trinajstić information content (AvgIpc) is 3.17. The Morgan fingerprint density at radius 3 is 2.95 bits per heavy atom. The van der Waals surface area contributed by atoms with Crippen LogP contribution >= 0.6 is 0 Å². The summed E-state index contributed by atoms with van der Waals surface area (Å²) in [5.41, 5.74) is 0.653. The summed E-state index contributed by atoms with van der Waals surface area (Å²) in [5, 5.41) is 9.31. The number of hydrogen-bond acceptors (Lipinski definition) is 5. The second-order valence-electron chi connectivity index (χ2n) is 5.89. The van der Waals surface area contributed by atoms with Gasteiger partial charge in [-0.15, -0.1) is 0 Å². The van der Waals surface area contributed by atoms with Gasteiger partial charge >= 0.3 is 0 Å². The number of pyridine rings is 1. The Balaban J connectivity index is 1.81. The van der Waals surface area contributed by atoms with Crippen LogP contribution in [0.3, 0.4) is 0 Å². The third kappa shape index (κ3) is 3.02. The molecule has 0 N–H and O–H groups in total. The van der Waals surface area contributed by atoms with Gasteiger partial charge < -0.3 is 14.5 Å². The molecule has 112 valence electrons. The van der Waals surface area contributed by atoms with E-state index in [4.69, 9.17) is 4.74 Å². The molecule has 0 aromatic carbocycles.